The van der Waals surface area contributed by atoms with E-state index in [2.05, 4.69) is 4.99 Å². The third-order valence-electron chi connectivity index (χ3n) is 4.51. The zero-order valence-corrected chi connectivity index (χ0v) is 16.0. The van der Waals surface area contributed by atoms with E-state index in [0.29, 0.717) is 45.4 Å². The second-order valence-corrected chi connectivity index (χ2v) is 6.34. The highest BCUT2D eigenvalue weighted by Gasteiger charge is 2.33. The number of benzene rings is 1. The first-order valence-corrected chi connectivity index (χ1v) is 9.57. The Labute approximate surface area is 155 Å². The highest BCUT2D eigenvalue weighted by molar-refractivity contribution is 6.22. The summed E-state index contributed by atoms with van der Waals surface area (Å²) in [5.41, 5.74) is 1.83. The van der Waals surface area contributed by atoms with Gasteiger partial charge in [0, 0.05) is 25.1 Å². The predicted octanol–water partition coefficient (Wildman–Crippen LogP) is 3.82. The smallest absolute Gasteiger partial charge is 0.161 e. The van der Waals surface area contributed by atoms with Crippen LogP contribution in [0.3, 0.4) is 0 Å². The van der Waals surface area contributed by atoms with Gasteiger partial charge in [-0.1, -0.05) is 13.0 Å². The van der Waals surface area contributed by atoms with Gasteiger partial charge in [0.25, 0.3) is 0 Å². The second-order valence-electron chi connectivity index (χ2n) is 6.34. The minimum absolute atomic E-state index is 0.0292. The van der Waals surface area contributed by atoms with Crippen LogP contribution < -0.4 is 9.47 Å². The molecule has 1 aromatic carbocycles. The monoisotopic (exact) mass is 359 g/mol. The van der Waals surface area contributed by atoms with Gasteiger partial charge in [-0.15, -0.1) is 0 Å². The van der Waals surface area contributed by atoms with Crippen LogP contribution >= 0.6 is 0 Å². The topological polar surface area (TPSA) is 65.0 Å². The van der Waals surface area contributed by atoms with Crippen LogP contribution in [0.15, 0.2) is 23.2 Å². The molecule has 0 bridgehead atoms. The maximum absolute atomic E-state index is 12.1. The van der Waals surface area contributed by atoms with Crippen LogP contribution in [-0.4, -0.2) is 37.0 Å². The van der Waals surface area contributed by atoms with Crippen molar-refractivity contribution in [3.63, 3.8) is 0 Å². The molecule has 142 valence electrons. The lowest BCUT2D eigenvalue weighted by Gasteiger charge is -2.20. The first-order chi connectivity index (χ1) is 12.6. The summed E-state index contributed by atoms with van der Waals surface area (Å²) in [5.74, 6) is 0.939. The van der Waals surface area contributed by atoms with Crippen molar-refractivity contribution in [2.45, 2.75) is 52.9 Å². The maximum atomic E-state index is 12.1. The summed E-state index contributed by atoms with van der Waals surface area (Å²) in [4.78, 5) is 28.8. The molecule has 0 aliphatic heterocycles. The lowest BCUT2D eigenvalue weighted by molar-refractivity contribution is -0.132. The molecule has 5 nitrogen and oxygen atoms in total. The molecule has 0 spiro atoms. The first-order valence-electron chi connectivity index (χ1n) is 9.57. The summed E-state index contributed by atoms with van der Waals surface area (Å²) >= 11 is 0. The van der Waals surface area contributed by atoms with Gasteiger partial charge in [-0.25, -0.2) is 0 Å². The van der Waals surface area contributed by atoms with Gasteiger partial charge in [-0.05, 0) is 50.8 Å². The average molecular weight is 359 g/mol. The molecule has 0 saturated heterocycles. The van der Waals surface area contributed by atoms with Gasteiger partial charge < -0.3 is 9.47 Å². The van der Waals surface area contributed by atoms with Gasteiger partial charge in [0.15, 0.2) is 11.5 Å². The molecular formula is C21H29NO4. The highest BCUT2D eigenvalue weighted by atomic mass is 16.5. The van der Waals surface area contributed by atoms with Gasteiger partial charge in [0.05, 0.1) is 13.2 Å². The summed E-state index contributed by atoms with van der Waals surface area (Å²) < 4.78 is 11.2. The number of hydrogen-bond acceptors (Lipinski definition) is 5. The van der Waals surface area contributed by atoms with Crippen molar-refractivity contribution in [2.75, 3.05) is 19.8 Å². The molecule has 1 aliphatic carbocycles. The lowest BCUT2D eigenvalue weighted by Crippen LogP contribution is -2.35. The fourth-order valence-electron chi connectivity index (χ4n) is 3.26. The first kappa shape index (κ1) is 20.1. The van der Waals surface area contributed by atoms with E-state index in [-0.39, 0.29) is 11.6 Å². The van der Waals surface area contributed by atoms with Gasteiger partial charge in [-0.3, -0.25) is 14.6 Å². The largest absolute Gasteiger partial charge is 0.490 e. The summed E-state index contributed by atoms with van der Waals surface area (Å²) in [6, 6.07) is 5.90. The molecule has 0 amide bonds. The number of hydrogen-bond donors (Lipinski definition) is 0. The second kappa shape index (κ2) is 10.1. The van der Waals surface area contributed by atoms with E-state index in [4.69, 9.17) is 9.47 Å². The Bertz CT molecular complexity index is 650. The van der Waals surface area contributed by atoms with Gasteiger partial charge in [-0.2, -0.15) is 0 Å². The molecule has 1 saturated carbocycles. The van der Waals surface area contributed by atoms with Crippen LogP contribution in [0.4, 0.5) is 0 Å². The molecule has 2 rings (SSSR count). The fourth-order valence-corrected chi connectivity index (χ4v) is 3.26. The normalized spacial score (nSPS) is 16.0. The van der Waals surface area contributed by atoms with Crippen molar-refractivity contribution in [2.24, 2.45) is 10.9 Å². The number of ketones is 2. The van der Waals surface area contributed by atoms with Crippen molar-refractivity contribution in [3.8, 4) is 11.5 Å². The van der Waals surface area contributed by atoms with E-state index >= 15 is 0 Å². The summed E-state index contributed by atoms with van der Waals surface area (Å²) in [6.45, 7) is 7.56. The number of nitrogens with zero attached hydrogens (tertiary/aromatic N) is 1. The van der Waals surface area contributed by atoms with E-state index < -0.39 is 5.92 Å². The standard InChI is InChI=1S/C21H29NO4/c1-4-16(21-17(23)8-7-9-18(21)24)22-13-12-15-10-11-19(25-5-2)20(14-15)26-6-3/h10-11,14,21H,4-9,12-13H2,1-3H3. The Morgan fingerprint density at radius 2 is 1.69 bits per heavy atom. The Hall–Kier alpha value is -2.17. The molecule has 0 aromatic heterocycles. The number of Topliss-reactive ketones (excluding diaryl/α,β-unsaturated/α-hetero) is 2. The molecule has 0 N–H and O–H groups in total. The van der Waals surface area contributed by atoms with Gasteiger partial charge in [0.1, 0.15) is 17.5 Å². The van der Waals surface area contributed by atoms with Crippen LogP contribution in [0, 0.1) is 5.92 Å². The van der Waals surface area contributed by atoms with Crippen molar-refractivity contribution < 1.29 is 19.1 Å². The van der Waals surface area contributed by atoms with E-state index in [1.54, 1.807) is 0 Å². The molecule has 1 aromatic rings. The molecule has 26 heavy (non-hydrogen) atoms. The van der Waals surface area contributed by atoms with Crippen LogP contribution in [0.5, 0.6) is 11.5 Å². The van der Waals surface area contributed by atoms with Crippen LogP contribution in [0.2, 0.25) is 0 Å². The molecule has 0 unspecified atom stereocenters. The third kappa shape index (κ3) is 5.16. The lowest BCUT2D eigenvalue weighted by atomic mass is 9.82. The zero-order chi connectivity index (χ0) is 18.9. The quantitative estimate of drug-likeness (QED) is 0.497. The molecule has 0 heterocycles. The molecule has 1 fully saturated rings. The van der Waals surface area contributed by atoms with E-state index in [1.165, 1.54) is 0 Å². The number of aliphatic imine (C=N–C) groups is 1. The number of carbonyl (C=O) groups is 2. The Morgan fingerprint density at radius 3 is 2.31 bits per heavy atom. The molecule has 1 aliphatic rings. The predicted molar refractivity (Wildman–Crippen MR) is 102 cm³/mol. The van der Waals surface area contributed by atoms with Crippen molar-refractivity contribution in [1.29, 1.82) is 0 Å². The van der Waals surface area contributed by atoms with Crippen LogP contribution in [0.25, 0.3) is 0 Å². The Kier molecular flexibility index (Phi) is 7.82. The molecule has 5 heteroatoms. The molecular weight excluding hydrogens is 330 g/mol. The van der Waals surface area contributed by atoms with Crippen LogP contribution in [-0.2, 0) is 16.0 Å². The summed E-state index contributed by atoms with van der Waals surface area (Å²) in [7, 11) is 0. The van der Waals surface area contributed by atoms with Crippen LogP contribution in [0.1, 0.15) is 52.0 Å². The van der Waals surface area contributed by atoms with Gasteiger partial charge >= 0.3 is 0 Å². The zero-order valence-electron chi connectivity index (χ0n) is 16.0. The van der Waals surface area contributed by atoms with E-state index in [0.717, 1.165) is 29.2 Å². The minimum atomic E-state index is -0.604. The van der Waals surface area contributed by atoms with Gasteiger partial charge in [0.2, 0.25) is 0 Å². The molecule has 0 atom stereocenters. The summed E-state index contributed by atoms with van der Waals surface area (Å²) in [6.07, 6.45) is 3.02. The Balaban J connectivity index is 2.06. The minimum Gasteiger partial charge on any atom is -0.490 e. The highest BCUT2D eigenvalue weighted by Crippen LogP contribution is 2.29. The average Bonchev–Trinajstić information content (AvgIpc) is 2.62. The van der Waals surface area contributed by atoms with Crippen molar-refractivity contribution in [1.82, 2.24) is 0 Å². The third-order valence-corrected chi connectivity index (χ3v) is 4.51. The van der Waals surface area contributed by atoms with E-state index in [9.17, 15) is 9.59 Å². The fraction of sp³-hybridized carbons (Fsp3) is 0.571. The number of rotatable bonds is 9. The summed E-state index contributed by atoms with van der Waals surface area (Å²) in [5, 5.41) is 0. The van der Waals surface area contributed by atoms with Crippen molar-refractivity contribution in [3.05, 3.63) is 23.8 Å². The van der Waals surface area contributed by atoms with E-state index in [1.807, 2.05) is 39.0 Å². The number of ether oxygens (including phenoxy) is 2. The SMILES string of the molecule is CCOc1ccc(CCN=C(CC)C2C(=O)CCCC2=O)cc1OCC. The maximum Gasteiger partial charge on any atom is 0.161 e. The Morgan fingerprint density at radius 1 is 1.04 bits per heavy atom. The molecule has 0 radical (unpaired) electrons. The number of carbonyl (C=O) groups excluding carboxylic acids is 2. The van der Waals surface area contributed by atoms with Crippen molar-refractivity contribution >= 4 is 17.3 Å².